The van der Waals surface area contributed by atoms with Crippen molar-refractivity contribution in [2.24, 2.45) is 5.92 Å². The third kappa shape index (κ3) is 2.24. The van der Waals surface area contributed by atoms with Gasteiger partial charge < -0.3 is 9.47 Å². The lowest BCUT2D eigenvalue weighted by Gasteiger charge is -2.09. The van der Waals surface area contributed by atoms with Gasteiger partial charge in [-0.1, -0.05) is 0 Å². The summed E-state index contributed by atoms with van der Waals surface area (Å²) in [5.74, 6) is 0.0196. The van der Waals surface area contributed by atoms with Gasteiger partial charge >= 0.3 is 0 Å². The standard InChI is InChI=1S/C17H15NO4/c1-21-14-8-11-7-13(16(19)10-3-5-18-6-4-10)17(20)12(11)9-15(14)22-2/h3-6,8-9,13H,7H2,1-2H3. The highest BCUT2D eigenvalue weighted by Crippen LogP contribution is 2.37. The van der Waals surface area contributed by atoms with Gasteiger partial charge in [-0.15, -0.1) is 0 Å². The Morgan fingerprint density at radius 2 is 1.77 bits per heavy atom. The zero-order valence-corrected chi connectivity index (χ0v) is 12.3. The van der Waals surface area contributed by atoms with E-state index in [2.05, 4.69) is 4.98 Å². The number of aromatic nitrogens is 1. The van der Waals surface area contributed by atoms with Crippen molar-refractivity contribution < 1.29 is 19.1 Å². The fourth-order valence-corrected chi connectivity index (χ4v) is 2.75. The molecule has 0 saturated carbocycles. The Balaban J connectivity index is 1.96. The number of hydrogen-bond donors (Lipinski definition) is 0. The highest BCUT2D eigenvalue weighted by atomic mass is 16.5. The van der Waals surface area contributed by atoms with Gasteiger partial charge in [-0.25, -0.2) is 0 Å². The Morgan fingerprint density at radius 1 is 1.14 bits per heavy atom. The van der Waals surface area contributed by atoms with Crippen molar-refractivity contribution in [3.05, 3.63) is 53.3 Å². The van der Waals surface area contributed by atoms with Crippen LogP contribution in [0.3, 0.4) is 0 Å². The summed E-state index contributed by atoms with van der Waals surface area (Å²) in [4.78, 5) is 29.0. The molecular weight excluding hydrogens is 282 g/mol. The van der Waals surface area contributed by atoms with Crippen LogP contribution in [0.15, 0.2) is 36.7 Å². The van der Waals surface area contributed by atoms with Gasteiger partial charge in [0, 0.05) is 23.5 Å². The van der Waals surface area contributed by atoms with E-state index in [-0.39, 0.29) is 11.6 Å². The zero-order chi connectivity index (χ0) is 15.7. The van der Waals surface area contributed by atoms with Gasteiger partial charge in [-0.2, -0.15) is 0 Å². The quantitative estimate of drug-likeness (QED) is 0.640. The van der Waals surface area contributed by atoms with E-state index in [1.807, 2.05) is 0 Å². The Labute approximate surface area is 127 Å². The molecule has 1 aromatic carbocycles. The van der Waals surface area contributed by atoms with Crippen molar-refractivity contribution in [3.8, 4) is 11.5 Å². The number of benzene rings is 1. The third-order valence-electron chi connectivity index (χ3n) is 3.90. The molecule has 112 valence electrons. The molecule has 0 spiro atoms. The SMILES string of the molecule is COc1cc2c(cc1OC)C(=O)C(C(=O)c1ccncc1)C2. The molecule has 1 aliphatic carbocycles. The molecular formula is C17H15NO4. The van der Waals surface area contributed by atoms with E-state index >= 15 is 0 Å². The van der Waals surface area contributed by atoms with Crippen LogP contribution in [0.1, 0.15) is 26.3 Å². The predicted molar refractivity (Wildman–Crippen MR) is 79.6 cm³/mol. The summed E-state index contributed by atoms with van der Waals surface area (Å²) in [5, 5.41) is 0. The maximum Gasteiger partial charge on any atom is 0.174 e. The van der Waals surface area contributed by atoms with Crippen molar-refractivity contribution in [1.82, 2.24) is 4.98 Å². The lowest BCUT2D eigenvalue weighted by molar-refractivity contribution is 0.0822. The monoisotopic (exact) mass is 297 g/mol. The number of ketones is 2. The number of carbonyl (C=O) groups is 2. The smallest absolute Gasteiger partial charge is 0.174 e. The summed E-state index contributed by atoms with van der Waals surface area (Å²) in [6.45, 7) is 0. The fraction of sp³-hybridized carbons (Fsp3) is 0.235. The van der Waals surface area contributed by atoms with Gasteiger partial charge in [-0.3, -0.25) is 14.6 Å². The molecule has 0 aliphatic heterocycles. The van der Waals surface area contributed by atoms with Gasteiger partial charge in [0.25, 0.3) is 0 Å². The molecule has 0 bridgehead atoms. The molecule has 1 heterocycles. The first-order valence-electron chi connectivity index (χ1n) is 6.89. The van der Waals surface area contributed by atoms with E-state index < -0.39 is 5.92 Å². The maximum atomic E-state index is 12.5. The van der Waals surface area contributed by atoms with Crippen molar-refractivity contribution >= 4 is 11.6 Å². The summed E-state index contributed by atoms with van der Waals surface area (Å²) in [6, 6.07) is 6.67. The molecule has 2 aromatic rings. The Kier molecular flexibility index (Phi) is 3.63. The first-order valence-corrected chi connectivity index (χ1v) is 6.89. The number of ether oxygens (including phenoxy) is 2. The molecule has 0 amide bonds. The Morgan fingerprint density at radius 3 is 2.41 bits per heavy atom. The lowest BCUT2D eigenvalue weighted by atomic mass is 9.95. The number of nitrogens with zero attached hydrogens (tertiary/aromatic N) is 1. The van der Waals surface area contributed by atoms with Crippen LogP contribution in [-0.4, -0.2) is 30.8 Å². The minimum absolute atomic E-state index is 0.169. The first-order chi connectivity index (χ1) is 10.7. The highest BCUT2D eigenvalue weighted by molar-refractivity contribution is 6.18. The zero-order valence-electron chi connectivity index (χ0n) is 12.3. The molecule has 0 saturated heterocycles. The van der Waals surface area contributed by atoms with Gasteiger partial charge in [-0.05, 0) is 36.2 Å². The van der Waals surface area contributed by atoms with Crippen LogP contribution >= 0.6 is 0 Å². The summed E-state index contributed by atoms with van der Waals surface area (Å²) in [7, 11) is 3.06. The average Bonchev–Trinajstić information content (AvgIpc) is 2.89. The molecule has 1 atom stereocenters. The van der Waals surface area contributed by atoms with Gasteiger partial charge in [0.15, 0.2) is 23.1 Å². The fourth-order valence-electron chi connectivity index (χ4n) is 2.75. The van der Waals surface area contributed by atoms with Crippen LogP contribution in [0, 0.1) is 5.92 Å². The third-order valence-corrected chi connectivity index (χ3v) is 3.90. The van der Waals surface area contributed by atoms with Crippen LogP contribution in [-0.2, 0) is 6.42 Å². The minimum atomic E-state index is -0.686. The summed E-state index contributed by atoms with van der Waals surface area (Å²) < 4.78 is 10.5. The number of pyridine rings is 1. The number of carbonyl (C=O) groups excluding carboxylic acids is 2. The largest absolute Gasteiger partial charge is 0.493 e. The van der Waals surface area contributed by atoms with Crippen LogP contribution in [0.2, 0.25) is 0 Å². The normalized spacial score (nSPS) is 16.3. The molecule has 3 rings (SSSR count). The van der Waals surface area contributed by atoms with E-state index in [0.717, 1.165) is 5.56 Å². The van der Waals surface area contributed by atoms with E-state index in [0.29, 0.717) is 29.0 Å². The molecule has 1 aliphatic rings. The van der Waals surface area contributed by atoms with Gasteiger partial charge in [0.05, 0.1) is 20.1 Å². The maximum absolute atomic E-state index is 12.5. The number of Topliss-reactive ketones (excluding diaryl/α,β-unsaturated/α-hetero) is 2. The number of rotatable bonds is 4. The highest BCUT2D eigenvalue weighted by Gasteiger charge is 2.37. The minimum Gasteiger partial charge on any atom is -0.493 e. The van der Waals surface area contributed by atoms with Gasteiger partial charge in [0.1, 0.15) is 0 Å². The van der Waals surface area contributed by atoms with Crippen molar-refractivity contribution in [2.75, 3.05) is 14.2 Å². The first kappa shape index (κ1) is 14.3. The molecule has 1 unspecified atom stereocenters. The van der Waals surface area contributed by atoms with E-state index in [1.165, 1.54) is 7.11 Å². The Bertz CT molecular complexity index is 740. The van der Waals surface area contributed by atoms with Crippen LogP contribution in [0.5, 0.6) is 11.5 Å². The van der Waals surface area contributed by atoms with Gasteiger partial charge in [0.2, 0.25) is 0 Å². The van der Waals surface area contributed by atoms with E-state index in [4.69, 9.17) is 9.47 Å². The summed E-state index contributed by atoms with van der Waals surface area (Å²) in [5.41, 5.74) is 1.85. The van der Waals surface area contributed by atoms with Crippen LogP contribution < -0.4 is 9.47 Å². The second kappa shape index (κ2) is 5.60. The second-order valence-corrected chi connectivity index (χ2v) is 5.09. The van der Waals surface area contributed by atoms with Crippen molar-refractivity contribution in [3.63, 3.8) is 0 Å². The molecule has 1 aromatic heterocycles. The molecule has 0 N–H and O–H groups in total. The Hall–Kier alpha value is -2.69. The van der Waals surface area contributed by atoms with Crippen LogP contribution in [0.25, 0.3) is 0 Å². The molecule has 5 nitrogen and oxygen atoms in total. The van der Waals surface area contributed by atoms with E-state index in [9.17, 15) is 9.59 Å². The average molecular weight is 297 g/mol. The second-order valence-electron chi connectivity index (χ2n) is 5.09. The molecule has 0 radical (unpaired) electrons. The topological polar surface area (TPSA) is 65.5 Å². The molecule has 0 fully saturated rings. The summed E-state index contributed by atoms with van der Waals surface area (Å²) >= 11 is 0. The van der Waals surface area contributed by atoms with E-state index in [1.54, 1.807) is 43.8 Å². The van der Waals surface area contributed by atoms with Crippen LogP contribution in [0.4, 0.5) is 0 Å². The molecule has 22 heavy (non-hydrogen) atoms. The molecule has 5 heteroatoms. The summed E-state index contributed by atoms with van der Waals surface area (Å²) in [6.07, 6.45) is 3.48. The van der Waals surface area contributed by atoms with Crippen molar-refractivity contribution in [2.45, 2.75) is 6.42 Å². The lowest BCUT2D eigenvalue weighted by Crippen LogP contribution is -2.20. The number of methoxy groups -OCH3 is 2. The number of fused-ring (bicyclic) bond motifs is 1. The predicted octanol–water partition coefficient (Wildman–Crippen LogP) is 2.34. The van der Waals surface area contributed by atoms with Crippen molar-refractivity contribution in [1.29, 1.82) is 0 Å². The number of hydrogen-bond acceptors (Lipinski definition) is 5.